The number of nitrogens with zero attached hydrogens (tertiary/aromatic N) is 1. The SMILES string of the molecule is CCc1nc2ccc(C(CC)C(=O)O)cc2[nH]1. The van der Waals surface area contributed by atoms with Gasteiger partial charge in [0.15, 0.2) is 0 Å². The Morgan fingerprint density at radius 2 is 2.24 bits per heavy atom. The van der Waals surface area contributed by atoms with Crippen LogP contribution < -0.4 is 0 Å². The molecule has 4 nitrogen and oxygen atoms in total. The van der Waals surface area contributed by atoms with E-state index in [1.165, 1.54) is 0 Å². The van der Waals surface area contributed by atoms with Crippen LogP contribution in [0.2, 0.25) is 0 Å². The van der Waals surface area contributed by atoms with Crippen molar-refractivity contribution in [3.8, 4) is 0 Å². The fourth-order valence-electron chi connectivity index (χ4n) is 2.02. The molecule has 1 unspecified atom stereocenters. The lowest BCUT2D eigenvalue weighted by Crippen LogP contribution is -2.10. The molecule has 0 radical (unpaired) electrons. The largest absolute Gasteiger partial charge is 0.481 e. The molecule has 17 heavy (non-hydrogen) atoms. The summed E-state index contributed by atoms with van der Waals surface area (Å²) in [5.74, 6) is -0.282. The summed E-state index contributed by atoms with van der Waals surface area (Å²) in [6.07, 6.45) is 1.44. The first-order valence-corrected chi connectivity index (χ1v) is 5.87. The van der Waals surface area contributed by atoms with Gasteiger partial charge in [0.1, 0.15) is 5.82 Å². The Labute approximate surface area is 99.7 Å². The molecule has 1 heterocycles. The number of hydrogen-bond donors (Lipinski definition) is 2. The number of carboxylic acid groups (broad SMARTS) is 1. The average molecular weight is 232 g/mol. The van der Waals surface area contributed by atoms with Gasteiger partial charge in [0.25, 0.3) is 0 Å². The number of aromatic nitrogens is 2. The first-order valence-electron chi connectivity index (χ1n) is 5.87. The molecule has 4 heteroatoms. The van der Waals surface area contributed by atoms with E-state index in [-0.39, 0.29) is 0 Å². The quantitative estimate of drug-likeness (QED) is 0.851. The Hall–Kier alpha value is -1.84. The standard InChI is InChI=1S/C13H16N2O2/c1-3-9(13(16)17)8-5-6-10-11(7-8)15-12(4-2)14-10/h5-7,9H,3-4H2,1-2H3,(H,14,15)(H,16,17). The van der Waals surface area contributed by atoms with Gasteiger partial charge in [-0.1, -0.05) is 19.9 Å². The lowest BCUT2D eigenvalue weighted by molar-refractivity contribution is -0.138. The van der Waals surface area contributed by atoms with Crippen LogP contribution in [0.5, 0.6) is 0 Å². The average Bonchev–Trinajstić information content (AvgIpc) is 2.71. The van der Waals surface area contributed by atoms with Crippen molar-refractivity contribution in [1.29, 1.82) is 0 Å². The van der Waals surface area contributed by atoms with Crippen molar-refractivity contribution < 1.29 is 9.90 Å². The van der Waals surface area contributed by atoms with Gasteiger partial charge < -0.3 is 10.1 Å². The molecular weight excluding hydrogens is 216 g/mol. The number of fused-ring (bicyclic) bond motifs is 1. The maximum absolute atomic E-state index is 11.1. The smallest absolute Gasteiger partial charge is 0.310 e. The molecule has 0 aliphatic rings. The first-order chi connectivity index (χ1) is 8.15. The topological polar surface area (TPSA) is 66.0 Å². The zero-order valence-electron chi connectivity index (χ0n) is 10.0. The highest BCUT2D eigenvalue weighted by atomic mass is 16.4. The first kappa shape index (κ1) is 11.6. The fourth-order valence-corrected chi connectivity index (χ4v) is 2.02. The number of carbonyl (C=O) groups is 1. The summed E-state index contributed by atoms with van der Waals surface area (Å²) >= 11 is 0. The van der Waals surface area contributed by atoms with Crippen LogP contribution in [0.1, 0.15) is 37.6 Å². The van der Waals surface area contributed by atoms with Crippen LogP contribution in [-0.4, -0.2) is 21.0 Å². The fraction of sp³-hybridized carbons (Fsp3) is 0.385. The van der Waals surface area contributed by atoms with E-state index in [0.29, 0.717) is 6.42 Å². The molecule has 0 fully saturated rings. The number of benzene rings is 1. The molecule has 2 aromatic rings. The summed E-state index contributed by atoms with van der Waals surface area (Å²) in [4.78, 5) is 18.7. The molecule has 2 rings (SSSR count). The number of aliphatic carboxylic acids is 1. The maximum Gasteiger partial charge on any atom is 0.310 e. The third kappa shape index (κ3) is 2.16. The van der Waals surface area contributed by atoms with E-state index in [1.807, 2.05) is 32.0 Å². The van der Waals surface area contributed by atoms with Gasteiger partial charge in [-0.3, -0.25) is 4.79 Å². The monoisotopic (exact) mass is 232 g/mol. The highest BCUT2D eigenvalue weighted by Crippen LogP contribution is 2.23. The summed E-state index contributed by atoms with van der Waals surface area (Å²) in [6, 6.07) is 5.63. The third-order valence-electron chi connectivity index (χ3n) is 3.00. The minimum Gasteiger partial charge on any atom is -0.481 e. The van der Waals surface area contributed by atoms with Crippen molar-refractivity contribution in [2.45, 2.75) is 32.6 Å². The zero-order chi connectivity index (χ0) is 12.4. The second kappa shape index (κ2) is 4.57. The second-order valence-electron chi connectivity index (χ2n) is 4.11. The Bertz CT molecular complexity index is 545. The van der Waals surface area contributed by atoms with Crippen LogP contribution in [0, 0.1) is 0 Å². The van der Waals surface area contributed by atoms with Crippen molar-refractivity contribution in [3.05, 3.63) is 29.6 Å². The highest BCUT2D eigenvalue weighted by Gasteiger charge is 2.18. The number of hydrogen-bond acceptors (Lipinski definition) is 2. The number of carboxylic acids is 1. The van der Waals surface area contributed by atoms with Crippen molar-refractivity contribution >= 4 is 17.0 Å². The summed E-state index contributed by atoms with van der Waals surface area (Å²) < 4.78 is 0. The van der Waals surface area contributed by atoms with Gasteiger partial charge in [-0.15, -0.1) is 0 Å². The molecule has 0 aliphatic carbocycles. The summed E-state index contributed by atoms with van der Waals surface area (Å²) in [5.41, 5.74) is 2.64. The lowest BCUT2D eigenvalue weighted by Gasteiger charge is -2.09. The van der Waals surface area contributed by atoms with Crippen LogP contribution in [0.4, 0.5) is 0 Å². The van der Waals surface area contributed by atoms with Gasteiger partial charge in [-0.05, 0) is 24.1 Å². The number of H-pyrrole nitrogens is 1. The highest BCUT2D eigenvalue weighted by molar-refractivity contribution is 5.81. The van der Waals surface area contributed by atoms with Crippen molar-refractivity contribution in [3.63, 3.8) is 0 Å². The number of aryl methyl sites for hydroxylation is 1. The third-order valence-corrected chi connectivity index (χ3v) is 3.00. The minimum absolute atomic E-state index is 0.437. The van der Waals surface area contributed by atoms with Gasteiger partial charge in [-0.25, -0.2) is 4.98 Å². The number of rotatable bonds is 4. The summed E-state index contributed by atoms with van der Waals surface area (Å²) in [6.45, 7) is 3.91. The molecule has 90 valence electrons. The van der Waals surface area contributed by atoms with Crippen molar-refractivity contribution in [2.24, 2.45) is 0 Å². The summed E-state index contributed by atoms with van der Waals surface area (Å²) in [7, 11) is 0. The molecule has 0 bridgehead atoms. The summed E-state index contributed by atoms with van der Waals surface area (Å²) in [5, 5.41) is 9.12. The van der Waals surface area contributed by atoms with E-state index in [1.54, 1.807) is 0 Å². The van der Waals surface area contributed by atoms with Crippen LogP contribution >= 0.6 is 0 Å². The maximum atomic E-state index is 11.1. The van der Waals surface area contributed by atoms with Crippen LogP contribution in [0.3, 0.4) is 0 Å². The normalized spacial score (nSPS) is 12.8. The number of imidazole rings is 1. The van der Waals surface area contributed by atoms with E-state index in [9.17, 15) is 4.79 Å². The molecule has 1 aromatic carbocycles. The van der Waals surface area contributed by atoms with E-state index in [4.69, 9.17) is 5.11 Å². The van der Waals surface area contributed by atoms with E-state index in [2.05, 4.69) is 9.97 Å². The van der Waals surface area contributed by atoms with Crippen LogP contribution in [-0.2, 0) is 11.2 Å². The molecule has 0 amide bonds. The molecule has 1 atom stereocenters. The molecule has 0 saturated heterocycles. The number of nitrogens with one attached hydrogen (secondary N) is 1. The Morgan fingerprint density at radius 3 is 2.82 bits per heavy atom. The van der Waals surface area contributed by atoms with E-state index >= 15 is 0 Å². The molecule has 0 spiro atoms. The van der Waals surface area contributed by atoms with E-state index < -0.39 is 11.9 Å². The second-order valence-corrected chi connectivity index (χ2v) is 4.11. The predicted octanol–water partition coefficient (Wildman–Crippen LogP) is 2.70. The molecule has 0 aliphatic heterocycles. The minimum atomic E-state index is -0.776. The van der Waals surface area contributed by atoms with Crippen LogP contribution in [0.25, 0.3) is 11.0 Å². The Morgan fingerprint density at radius 1 is 1.47 bits per heavy atom. The molecule has 1 aromatic heterocycles. The van der Waals surface area contributed by atoms with Gasteiger partial charge in [-0.2, -0.15) is 0 Å². The predicted molar refractivity (Wildman–Crippen MR) is 66.1 cm³/mol. The van der Waals surface area contributed by atoms with Gasteiger partial charge >= 0.3 is 5.97 Å². The lowest BCUT2D eigenvalue weighted by atomic mass is 9.96. The van der Waals surface area contributed by atoms with Crippen molar-refractivity contribution in [1.82, 2.24) is 9.97 Å². The van der Waals surface area contributed by atoms with Crippen LogP contribution in [0.15, 0.2) is 18.2 Å². The molecule has 2 N–H and O–H groups in total. The Balaban J connectivity index is 2.46. The van der Waals surface area contributed by atoms with E-state index in [0.717, 1.165) is 28.8 Å². The van der Waals surface area contributed by atoms with Gasteiger partial charge in [0.05, 0.1) is 17.0 Å². The van der Waals surface area contributed by atoms with Gasteiger partial charge in [0, 0.05) is 6.42 Å². The number of aromatic amines is 1. The van der Waals surface area contributed by atoms with Gasteiger partial charge in [0.2, 0.25) is 0 Å². The molecule has 0 saturated carbocycles. The zero-order valence-corrected chi connectivity index (χ0v) is 10.0. The molecular formula is C13H16N2O2. The van der Waals surface area contributed by atoms with Crippen molar-refractivity contribution in [2.75, 3.05) is 0 Å². The Kier molecular flexibility index (Phi) is 3.13.